The molecule has 0 aliphatic rings. The monoisotopic (exact) mass is 556 g/mol. The fraction of sp³-hybridized carbons (Fsp3) is 0.286. The van der Waals surface area contributed by atoms with Crippen molar-refractivity contribution in [3.05, 3.63) is 99.0 Å². The molecule has 0 bridgehead atoms. The number of rotatable bonds is 10. The highest BCUT2D eigenvalue weighted by Crippen LogP contribution is 2.28. The predicted octanol–water partition coefficient (Wildman–Crippen LogP) is 5.95. The van der Waals surface area contributed by atoms with Crippen molar-refractivity contribution in [3.8, 4) is 5.75 Å². The van der Waals surface area contributed by atoms with Crippen molar-refractivity contribution in [2.45, 2.75) is 45.8 Å². The van der Waals surface area contributed by atoms with Crippen LogP contribution in [0.15, 0.2) is 77.3 Å². The minimum atomic E-state index is -0.712. The van der Waals surface area contributed by atoms with Gasteiger partial charge in [0.15, 0.2) is 6.61 Å². The van der Waals surface area contributed by atoms with E-state index in [1.807, 2.05) is 75.4 Å². The number of hydrogen-bond acceptors (Lipinski definition) is 3. The third-order valence-corrected chi connectivity index (χ3v) is 6.34. The van der Waals surface area contributed by atoms with Crippen LogP contribution in [-0.4, -0.2) is 35.4 Å². The van der Waals surface area contributed by atoms with E-state index >= 15 is 0 Å². The lowest BCUT2D eigenvalue weighted by molar-refractivity contribution is -0.143. The number of amides is 2. The Bertz CT molecular complexity index is 1150. The van der Waals surface area contributed by atoms with E-state index in [0.29, 0.717) is 17.2 Å². The Kier molecular flexibility index (Phi) is 9.75. The zero-order chi connectivity index (χ0) is 25.4. The van der Waals surface area contributed by atoms with Gasteiger partial charge in [-0.25, -0.2) is 0 Å². The van der Waals surface area contributed by atoms with Gasteiger partial charge < -0.3 is 15.0 Å². The molecule has 0 heterocycles. The quantitative estimate of drug-likeness (QED) is 0.335. The van der Waals surface area contributed by atoms with Crippen molar-refractivity contribution < 1.29 is 14.3 Å². The van der Waals surface area contributed by atoms with E-state index in [-0.39, 0.29) is 31.0 Å². The summed E-state index contributed by atoms with van der Waals surface area (Å²) in [6, 6.07) is 22.0. The summed E-state index contributed by atoms with van der Waals surface area (Å²) in [5, 5.41) is 3.39. The van der Waals surface area contributed by atoms with Crippen LogP contribution in [0.1, 0.15) is 30.5 Å². The van der Waals surface area contributed by atoms with Crippen LogP contribution in [-0.2, 0) is 22.6 Å². The van der Waals surface area contributed by atoms with Gasteiger partial charge in [0.25, 0.3) is 5.91 Å². The first kappa shape index (κ1) is 26.8. The van der Waals surface area contributed by atoms with Gasteiger partial charge in [0.05, 0.1) is 5.02 Å². The number of nitrogens with one attached hydrogen (secondary N) is 1. The molecule has 3 aromatic rings. The minimum Gasteiger partial charge on any atom is -0.482 e. The van der Waals surface area contributed by atoms with Crippen LogP contribution in [0.25, 0.3) is 0 Å². The SMILES string of the molecule is Cc1ccccc1CN(C(=O)COc1ccc(Br)cc1Cl)[C@@H](Cc1ccccc1)C(=O)NC(C)C. The van der Waals surface area contributed by atoms with Crippen LogP contribution in [0.2, 0.25) is 5.02 Å². The van der Waals surface area contributed by atoms with Gasteiger partial charge >= 0.3 is 0 Å². The van der Waals surface area contributed by atoms with Crippen LogP contribution in [0, 0.1) is 6.92 Å². The maximum atomic E-state index is 13.6. The number of carbonyl (C=O) groups is 2. The summed E-state index contributed by atoms with van der Waals surface area (Å²) in [4.78, 5) is 28.6. The second kappa shape index (κ2) is 12.8. The third-order valence-electron chi connectivity index (χ3n) is 5.55. The van der Waals surface area contributed by atoms with E-state index in [9.17, 15) is 9.59 Å². The van der Waals surface area contributed by atoms with Crippen LogP contribution >= 0.6 is 27.5 Å². The van der Waals surface area contributed by atoms with Crippen LogP contribution < -0.4 is 10.1 Å². The molecule has 1 atom stereocenters. The zero-order valence-electron chi connectivity index (χ0n) is 20.1. The highest BCUT2D eigenvalue weighted by Gasteiger charge is 2.31. The molecular formula is C28H30BrClN2O3. The Morgan fingerprint density at radius 1 is 1.03 bits per heavy atom. The Hall–Kier alpha value is -2.83. The molecule has 0 aliphatic carbocycles. The third kappa shape index (κ3) is 7.84. The average Bonchev–Trinajstić information content (AvgIpc) is 2.82. The molecular weight excluding hydrogens is 528 g/mol. The lowest BCUT2D eigenvalue weighted by atomic mass is 10.0. The summed E-state index contributed by atoms with van der Waals surface area (Å²) in [5.74, 6) is -0.0927. The number of aryl methyl sites for hydroxylation is 1. The standard InChI is InChI=1S/C28H30BrClN2O3/c1-19(2)31-28(34)25(15-21-10-5-4-6-11-21)32(17-22-12-8-7-9-20(22)3)27(33)18-35-26-14-13-23(29)16-24(26)30/h4-14,16,19,25H,15,17-18H2,1-3H3,(H,31,34)/t25-/m0/s1. The Morgan fingerprint density at radius 3 is 2.37 bits per heavy atom. The van der Waals surface area contributed by atoms with Crippen molar-refractivity contribution in [1.29, 1.82) is 0 Å². The predicted molar refractivity (Wildman–Crippen MR) is 144 cm³/mol. The lowest BCUT2D eigenvalue weighted by Gasteiger charge is -2.32. The molecule has 3 aromatic carbocycles. The molecule has 1 N–H and O–H groups in total. The van der Waals surface area contributed by atoms with Gasteiger partial charge in [-0.05, 0) is 55.7 Å². The zero-order valence-corrected chi connectivity index (χ0v) is 22.5. The molecule has 5 nitrogen and oxygen atoms in total. The fourth-order valence-corrected chi connectivity index (χ4v) is 4.45. The van der Waals surface area contributed by atoms with Crippen LogP contribution in [0.4, 0.5) is 0 Å². The molecule has 184 valence electrons. The largest absolute Gasteiger partial charge is 0.482 e. The van der Waals surface area contributed by atoms with Crippen molar-refractivity contribution >= 4 is 39.3 Å². The van der Waals surface area contributed by atoms with E-state index in [4.69, 9.17) is 16.3 Å². The maximum absolute atomic E-state index is 13.6. The summed E-state index contributed by atoms with van der Waals surface area (Å²) >= 11 is 9.65. The molecule has 3 rings (SSSR count). The minimum absolute atomic E-state index is 0.0611. The Balaban J connectivity index is 1.93. The number of hydrogen-bond donors (Lipinski definition) is 1. The number of halogens is 2. The summed E-state index contributed by atoms with van der Waals surface area (Å²) in [6.07, 6.45) is 0.385. The highest BCUT2D eigenvalue weighted by atomic mass is 79.9. The topological polar surface area (TPSA) is 58.6 Å². The molecule has 0 saturated carbocycles. The molecule has 0 aromatic heterocycles. The normalized spacial score (nSPS) is 11.7. The molecule has 7 heteroatoms. The molecule has 35 heavy (non-hydrogen) atoms. The maximum Gasteiger partial charge on any atom is 0.261 e. The smallest absolute Gasteiger partial charge is 0.261 e. The van der Waals surface area contributed by atoms with Crippen LogP contribution in [0.3, 0.4) is 0 Å². The van der Waals surface area contributed by atoms with Gasteiger partial charge in [0.1, 0.15) is 11.8 Å². The second-order valence-corrected chi connectivity index (χ2v) is 10.0. The number of benzene rings is 3. The first-order chi connectivity index (χ1) is 16.7. The Morgan fingerprint density at radius 2 is 1.71 bits per heavy atom. The molecule has 0 spiro atoms. The van der Waals surface area contributed by atoms with Gasteiger partial charge in [0, 0.05) is 23.5 Å². The molecule has 0 aliphatic heterocycles. The number of ether oxygens (including phenoxy) is 1. The van der Waals surface area contributed by atoms with Crippen molar-refractivity contribution in [2.24, 2.45) is 0 Å². The molecule has 0 radical (unpaired) electrons. The van der Waals surface area contributed by atoms with Gasteiger partial charge in [0.2, 0.25) is 5.91 Å². The van der Waals surface area contributed by atoms with Crippen molar-refractivity contribution in [1.82, 2.24) is 10.2 Å². The second-order valence-electron chi connectivity index (χ2n) is 8.68. The summed E-state index contributed by atoms with van der Waals surface area (Å²) in [5.41, 5.74) is 2.98. The fourth-order valence-electron chi connectivity index (χ4n) is 3.72. The van der Waals surface area contributed by atoms with Gasteiger partial charge in [-0.3, -0.25) is 9.59 Å². The van der Waals surface area contributed by atoms with E-state index < -0.39 is 6.04 Å². The first-order valence-corrected chi connectivity index (χ1v) is 12.7. The molecule has 0 unspecified atom stereocenters. The van der Waals surface area contributed by atoms with Crippen LogP contribution in [0.5, 0.6) is 5.75 Å². The Labute approximate surface area is 220 Å². The van der Waals surface area contributed by atoms with E-state index in [2.05, 4.69) is 21.2 Å². The average molecular weight is 558 g/mol. The summed E-state index contributed by atoms with van der Waals surface area (Å²) in [7, 11) is 0. The van der Waals surface area contributed by atoms with E-state index in [0.717, 1.165) is 21.2 Å². The lowest BCUT2D eigenvalue weighted by Crippen LogP contribution is -2.52. The molecule has 0 fully saturated rings. The number of nitrogens with zero attached hydrogens (tertiary/aromatic N) is 1. The van der Waals surface area contributed by atoms with Gasteiger partial charge in [-0.15, -0.1) is 0 Å². The van der Waals surface area contributed by atoms with E-state index in [1.165, 1.54) is 0 Å². The highest BCUT2D eigenvalue weighted by molar-refractivity contribution is 9.10. The van der Waals surface area contributed by atoms with Crippen molar-refractivity contribution in [2.75, 3.05) is 6.61 Å². The van der Waals surface area contributed by atoms with Gasteiger partial charge in [-0.1, -0.05) is 82.1 Å². The molecule has 2 amide bonds. The first-order valence-electron chi connectivity index (χ1n) is 11.5. The van der Waals surface area contributed by atoms with E-state index in [1.54, 1.807) is 23.1 Å². The molecule has 0 saturated heterocycles. The summed E-state index contributed by atoms with van der Waals surface area (Å²) in [6.45, 7) is 5.85. The van der Waals surface area contributed by atoms with Gasteiger partial charge in [-0.2, -0.15) is 0 Å². The summed E-state index contributed by atoms with van der Waals surface area (Å²) < 4.78 is 6.60. The van der Waals surface area contributed by atoms with Crippen molar-refractivity contribution in [3.63, 3.8) is 0 Å². The number of carbonyl (C=O) groups excluding carboxylic acids is 2.